The molecule has 0 radical (unpaired) electrons. The first-order valence-electron chi connectivity index (χ1n) is 11.3. The first-order chi connectivity index (χ1) is 16.4. The number of hydrogen-bond acceptors (Lipinski definition) is 5. The van der Waals surface area contributed by atoms with E-state index in [4.69, 9.17) is 11.6 Å². The Kier molecular flexibility index (Phi) is 6.35. The van der Waals surface area contributed by atoms with Crippen LogP contribution in [0.5, 0.6) is 0 Å². The zero-order valence-electron chi connectivity index (χ0n) is 18.6. The Morgan fingerprint density at radius 3 is 2.56 bits per heavy atom. The highest BCUT2D eigenvalue weighted by Gasteiger charge is 2.21. The van der Waals surface area contributed by atoms with Crippen LogP contribution >= 0.6 is 11.6 Å². The van der Waals surface area contributed by atoms with Gasteiger partial charge in [-0.3, -0.25) is 4.90 Å². The third-order valence-corrected chi connectivity index (χ3v) is 8.33. The number of aromatic amines is 2. The fourth-order valence-electron chi connectivity index (χ4n) is 4.53. The second kappa shape index (κ2) is 9.42. The molecular weight excluding hydrogens is 474 g/mol. The van der Waals surface area contributed by atoms with Gasteiger partial charge in [0.1, 0.15) is 4.90 Å². The maximum absolute atomic E-state index is 12.8. The smallest absolute Gasteiger partial charge is 0.323 e. The number of H-pyrrole nitrogens is 2. The lowest BCUT2D eigenvalue weighted by Gasteiger charge is -2.36. The summed E-state index contributed by atoms with van der Waals surface area (Å²) in [6.45, 7) is 4.56. The fraction of sp³-hybridized carbons (Fsp3) is 0.292. The summed E-state index contributed by atoms with van der Waals surface area (Å²) in [5.74, 6) is 0. The van der Waals surface area contributed by atoms with Crippen LogP contribution in [0.2, 0.25) is 5.02 Å². The Balaban J connectivity index is 1.14. The lowest BCUT2D eigenvalue weighted by molar-refractivity contribution is 0.255. The molecule has 0 bridgehead atoms. The zero-order valence-corrected chi connectivity index (χ0v) is 20.1. The van der Waals surface area contributed by atoms with Gasteiger partial charge in [-0.25, -0.2) is 17.9 Å². The molecule has 0 unspecified atom stereocenters. The van der Waals surface area contributed by atoms with Crippen LogP contribution in [0.3, 0.4) is 0 Å². The zero-order chi connectivity index (χ0) is 23.7. The average molecular weight is 500 g/mol. The van der Waals surface area contributed by atoms with E-state index in [0.717, 1.165) is 60.2 Å². The van der Waals surface area contributed by atoms with Gasteiger partial charge in [0.25, 0.3) is 0 Å². The predicted molar refractivity (Wildman–Crippen MR) is 136 cm³/mol. The first-order valence-corrected chi connectivity index (χ1v) is 13.1. The lowest BCUT2D eigenvalue weighted by atomic mass is 10.1. The number of aromatic nitrogens is 2. The van der Waals surface area contributed by atoms with Crippen molar-refractivity contribution < 1.29 is 8.42 Å². The number of nitrogens with one attached hydrogen (secondary N) is 3. The summed E-state index contributed by atoms with van der Waals surface area (Å²) in [5, 5.41) is 1.88. The standard InChI is InChI=1S/C24H26ClN5O3S/c25-22-18-6-2-1-5-17(18)9-10-21(22)34(32,33)26-11-4-12-29-13-15-30(16-14-29)20-8-3-7-19-23(20)28-24(31)27-19/h1-3,5-10,26H,4,11-16H2,(H2,27,28,31). The molecular formula is C24H26ClN5O3S. The van der Waals surface area contributed by atoms with Gasteiger partial charge in [-0.15, -0.1) is 0 Å². The van der Waals surface area contributed by atoms with E-state index in [9.17, 15) is 13.2 Å². The number of sulfonamides is 1. The molecule has 3 aromatic carbocycles. The van der Waals surface area contributed by atoms with Crippen molar-refractivity contribution in [3.05, 3.63) is 70.1 Å². The van der Waals surface area contributed by atoms with E-state index < -0.39 is 10.0 Å². The fourth-order valence-corrected chi connectivity index (χ4v) is 6.23. The average Bonchev–Trinajstić information content (AvgIpc) is 3.23. The predicted octanol–water partition coefficient (Wildman–Crippen LogP) is 3.15. The molecule has 8 nitrogen and oxygen atoms in total. The molecule has 5 rings (SSSR count). The molecule has 1 aliphatic rings. The highest BCUT2D eigenvalue weighted by molar-refractivity contribution is 7.89. The highest BCUT2D eigenvalue weighted by atomic mass is 35.5. The SMILES string of the molecule is O=c1[nH]c2cccc(N3CCN(CCCNS(=O)(=O)c4ccc5ccccc5c4Cl)CC3)c2[nH]1. The minimum Gasteiger partial charge on any atom is -0.367 e. The molecule has 2 heterocycles. The number of piperazine rings is 1. The summed E-state index contributed by atoms with van der Waals surface area (Å²) in [7, 11) is -3.69. The van der Waals surface area contributed by atoms with Gasteiger partial charge >= 0.3 is 5.69 Å². The molecule has 1 aromatic heterocycles. The van der Waals surface area contributed by atoms with Gasteiger partial charge in [0.2, 0.25) is 10.0 Å². The van der Waals surface area contributed by atoms with Crippen LogP contribution in [0.15, 0.2) is 64.3 Å². The van der Waals surface area contributed by atoms with Gasteiger partial charge in [0.15, 0.2) is 0 Å². The highest BCUT2D eigenvalue weighted by Crippen LogP contribution is 2.30. The van der Waals surface area contributed by atoms with Crippen LogP contribution in [-0.4, -0.2) is 62.6 Å². The van der Waals surface area contributed by atoms with Crippen molar-refractivity contribution in [2.24, 2.45) is 0 Å². The van der Waals surface area contributed by atoms with Gasteiger partial charge in [-0.05, 0) is 36.6 Å². The number of rotatable bonds is 7. The lowest BCUT2D eigenvalue weighted by Crippen LogP contribution is -2.47. The molecule has 0 saturated carbocycles. The summed E-state index contributed by atoms with van der Waals surface area (Å²) < 4.78 is 28.3. The quantitative estimate of drug-likeness (QED) is 0.339. The molecule has 10 heteroatoms. The van der Waals surface area contributed by atoms with Crippen LogP contribution in [0.25, 0.3) is 21.8 Å². The normalized spacial score (nSPS) is 15.4. The van der Waals surface area contributed by atoms with E-state index in [1.54, 1.807) is 12.1 Å². The van der Waals surface area contributed by atoms with E-state index in [-0.39, 0.29) is 15.6 Å². The van der Waals surface area contributed by atoms with Crippen LogP contribution in [-0.2, 0) is 10.0 Å². The number of imidazole rings is 1. The van der Waals surface area contributed by atoms with Crippen LogP contribution in [0, 0.1) is 0 Å². The Morgan fingerprint density at radius 2 is 1.74 bits per heavy atom. The second-order valence-electron chi connectivity index (χ2n) is 8.46. The number of para-hydroxylation sites is 1. The molecule has 4 aromatic rings. The minimum atomic E-state index is -3.69. The minimum absolute atomic E-state index is 0.110. The third-order valence-electron chi connectivity index (χ3n) is 6.30. The molecule has 0 aliphatic carbocycles. The molecule has 0 amide bonds. The van der Waals surface area contributed by atoms with Crippen LogP contribution in [0.1, 0.15) is 6.42 Å². The Labute approximate surface area is 202 Å². The van der Waals surface area contributed by atoms with Crippen LogP contribution < -0.4 is 15.3 Å². The first kappa shape index (κ1) is 22.9. The summed E-state index contributed by atoms with van der Waals surface area (Å²) in [4.78, 5) is 22.1. The summed E-state index contributed by atoms with van der Waals surface area (Å²) in [5.41, 5.74) is 2.47. The molecule has 1 fully saturated rings. The molecule has 1 aliphatic heterocycles. The van der Waals surface area contributed by atoms with Crippen molar-refractivity contribution in [1.82, 2.24) is 19.6 Å². The van der Waals surface area contributed by atoms with E-state index in [1.165, 1.54) is 0 Å². The summed E-state index contributed by atoms with van der Waals surface area (Å²) >= 11 is 6.41. The molecule has 178 valence electrons. The number of hydrogen-bond donors (Lipinski definition) is 3. The largest absolute Gasteiger partial charge is 0.367 e. The number of fused-ring (bicyclic) bond motifs is 2. The van der Waals surface area contributed by atoms with Gasteiger partial charge in [0, 0.05) is 38.1 Å². The summed E-state index contributed by atoms with van der Waals surface area (Å²) in [6, 6.07) is 16.7. The maximum Gasteiger partial charge on any atom is 0.323 e. The molecule has 1 saturated heterocycles. The maximum atomic E-state index is 12.8. The summed E-state index contributed by atoms with van der Waals surface area (Å²) in [6.07, 6.45) is 0.700. The van der Waals surface area contributed by atoms with E-state index in [2.05, 4.69) is 24.5 Å². The van der Waals surface area contributed by atoms with E-state index in [1.807, 2.05) is 42.5 Å². The number of halogens is 1. The van der Waals surface area contributed by atoms with Crippen molar-refractivity contribution in [2.75, 3.05) is 44.2 Å². The van der Waals surface area contributed by atoms with Gasteiger partial charge in [-0.2, -0.15) is 0 Å². The number of anilines is 1. The van der Waals surface area contributed by atoms with Crippen molar-refractivity contribution in [3.63, 3.8) is 0 Å². The Morgan fingerprint density at radius 1 is 0.941 bits per heavy atom. The van der Waals surface area contributed by atoms with Crippen molar-refractivity contribution in [1.29, 1.82) is 0 Å². The number of benzene rings is 3. The second-order valence-corrected chi connectivity index (χ2v) is 10.6. The van der Waals surface area contributed by atoms with Crippen LogP contribution in [0.4, 0.5) is 5.69 Å². The van der Waals surface area contributed by atoms with Gasteiger partial charge in [0.05, 0.1) is 21.7 Å². The third kappa shape index (κ3) is 4.56. The number of nitrogens with zero attached hydrogens (tertiary/aromatic N) is 2. The molecule has 3 N–H and O–H groups in total. The molecule has 0 spiro atoms. The Hall–Kier alpha value is -2.85. The van der Waals surface area contributed by atoms with Crippen molar-refractivity contribution in [3.8, 4) is 0 Å². The topological polar surface area (TPSA) is 101 Å². The van der Waals surface area contributed by atoms with E-state index >= 15 is 0 Å². The Bertz CT molecular complexity index is 1490. The van der Waals surface area contributed by atoms with Gasteiger partial charge < -0.3 is 14.9 Å². The van der Waals surface area contributed by atoms with Gasteiger partial charge in [-0.1, -0.05) is 48.0 Å². The van der Waals surface area contributed by atoms with Crippen molar-refractivity contribution in [2.45, 2.75) is 11.3 Å². The monoisotopic (exact) mass is 499 g/mol. The van der Waals surface area contributed by atoms with Crippen molar-refractivity contribution >= 4 is 49.1 Å². The molecule has 0 atom stereocenters. The van der Waals surface area contributed by atoms with E-state index in [0.29, 0.717) is 13.0 Å². The molecule has 34 heavy (non-hydrogen) atoms.